The van der Waals surface area contributed by atoms with Gasteiger partial charge in [0.2, 0.25) is 11.7 Å². The van der Waals surface area contributed by atoms with Gasteiger partial charge in [-0.1, -0.05) is 0 Å². The number of oxazole rings is 1. The molecule has 1 saturated heterocycles. The van der Waals surface area contributed by atoms with Crippen molar-refractivity contribution in [3.05, 3.63) is 17.8 Å². The molecule has 1 aliphatic heterocycles. The summed E-state index contributed by atoms with van der Waals surface area (Å²) >= 11 is 0. The predicted octanol–water partition coefficient (Wildman–Crippen LogP) is 0.521. The van der Waals surface area contributed by atoms with Crippen LogP contribution in [0.25, 0.3) is 0 Å². The van der Waals surface area contributed by atoms with Gasteiger partial charge in [0.15, 0.2) is 5.76 Å². The molecule has 2 heterocycles. The molecule has 15 heavy (non-hydrogen) atoms. The van der Waals surface area contributed by atoms with Crippen molar-refractivity contribution in [3.8, 4) is 0 Å². The number of rotatable bonds is 3. The molecule has 0 aliphatic carbocycles. The van der Waals surface area contributed by atoms with Crippen molar-refractivity contribution in [1.82, 2.24) is 4.98 Å². The fraction of sp³-hybridized carbons (Fsp3) is 0.556. The maximum atomic E-state index is 10.4. The lowest BCUT2D eigenvalue weighted by Crippen LogP contribution is -2.21. The number of aliphatic carboxylic acids is 1. The molecule has 1 N–H and O–H groups in total. The monoisotopic (exact) mass is 213 g/mol. The first-order chi connectivity index (χ1) is 7.10. The van der Waals surface area contributed by atoms with Gasteiger partial charge in [-0.05, 0) is 6.92 Å². The number of ether oxygens (including phenoxy) is 2. The topological polar surface area (TPSA) is 81.8 Å². The second-order valence-corrected chi connectivity index (χ2v) is 3.33. The molecule has 0 saturated carbocycles. The summed E-state index contributed by atoms with van der Waals surface area (Å²) in [6.07, 6.45) is 1.19. The van der Waals surface area contributed by atoms with E-state index in [1.165, 1.54) is 6.20 Å². The lowest BCUT2D eigenvalue weighted by Gasteiger charge is -2.18. The zero-order valence-electron chi connectivity index (χ0n) is 8.23. The van der Waals surface area contributed by atoms with E-state index >= 15 is 0 Å². The molecule has 0 spiro atoms. The average Bonchev–Trinajstić information content (AvgIpc) is 2.74. The Kier molecular flexibility index (Phi) is 2.45. The van der Waals surface area contributed by atoms with E-state index in [0.29, 0.717) is 19.0 Å². The average molecular weight is 213 g/mol. The van der Waals surface area contributed by atoms with Crippen LogP contribution < -0.4 is 0 Å². The molecule has 1 aromatic heterocycles. The van der Waals surface area contributed by atoms with Crippen LogP contribution in [0.1, 0.15) is 18.6 Å². The van der Waals surface area contributed by atoms with Gasteiger partial charge in [-0.2, -0.15) is 0 Å². The van der Waals surface area contributed by atoms with Gasteiger partial charge < -0.3 is 19.0 Å². The van der Waals surface area contributed by atoms with Gasteiger partial charge in [0, 0.05) is 0 Å². The van der Waals surface area contributed by atoms with E-state index in [9.17, 15) is 4.79 Å². The van der Waals surface area contributed by atoms with Crippen molar-refractivity contribution >= 4 is 5.97 Å². The highest BCUT2D eigenvalue weighted by molar-refractivity contribution is 5.68. The molecular formula is C9H11NO5. The van der Waals surface area contributed by atoms with Gasteiger partial charge in [-0.15, -0.1) is 0 Å². The van der Waals surface area contributed by atoms with E-state index < -0.39 is 11.8 Å². The van der Waals surface area contributed by atoms with Crippen LogP contribution >= 0.6 is 0 Å². The highest BCUT2D eigenvalue weighted by Gasteiger charge is 2.37. The lowest BCUT2D eigenvalue weighted by atomic mass is 10.3. The highest BCUT2D eigenvalue weighted by atomic mass is 16.7. The minimum Gasteiger partial charge on any atom is -0.481 e. The van der Waals surface area contributed by atoms with E-state index in [-0.39, 0.29) is 12.3 Å². The third kappa shape index (κ3) is 2.00. The second kappa shape index (κ2) is 3.63. The Morgan fingerprint density at radius 2 is 2.27 bits per heavy atom. The summed E-state index contributed by atoms with van der Waals surface area (Å²) in [5.74, 6) is -1.36. The molecule has 0 amide bonds. The summed E-state index contributed by atoms with van der Waals surface area (Å²) in [6.45, 7) is 2.70. The number of nitrogens with zero attached hydrogens (tertiary/aromatic N) is 1. The zero-order valence-corrected chi connectivity index (χ0v) is 8.23. The molecule has 2 rings (SSSR count). The molecule has 82 valence electrons. The Balaban J connectivity index is 2.15. The number of aromatic nitrogens is 1. The number of carbonyl (C=O) groups is 1. The molecule has 1 aliphatic rings. The van der Waals surface area contributed by atoms with Gasteiger partial charge in [0.1, 0.15) is 6.42 Å². The summed E-state index contributed by atoms with van der Waals surface area (Å²) in [5.41, 5.74) is 0. The van der Waals surface area contributed by atoms with Crippen LogP contribution in [0.3, 0.4) is 0 Å². The van der Waals surface area contributed by atoms with Gasteiger partial charge >= 0.3 is 5.97 Å². The van der Waals surface area contributed by atoms with Crippen LogP contribution in [0, 0.1) is 0 Å². The molecule has 6 nitrogen and oxygen atoms in total. The zero-order chi connectivity index (χ0) is 10.9. The quantitative estimate of drug-likeness (QED) is 0.788. The van der Waals surface area contributed by atoms with E-state index in [0.717, 1.165) is 0 Å². The van der Waals surface area contributed by atoms with Gasteiger partial charge in [-0.3, -0.25) is 4.79 Å². The molecule has 0 unspecified atom stereocenters. The number of hydrogen-bond donors (Lipinski definition) is 1. The van der Waals surface area contributed by atoms with Crippen LogP contribution in [0.5, 0.6) is 0 Å². The largest absolute Gasteiger partial charge is 0.481 e. The SMILES string of the molecule is CC1(c2cnc(CC(=O)O)o2)OCCO1. The summed E-state index contributed by atoms with van der Waals surface area (Å²) < 4.78 is 15.9. The lowest BCUT2D eigenvalue weighted by molar-refractivity contribution is -0.163. The Morgan fingerprint density at radius 1 is 1.60 bits per heavy atom. The first kappa shape index (κ1) is 10.1. The third-order valence-electron chi connectivity index (χ3n) is 2.14. The fourth-order valence-corrected chi connectivity index (χ4v) is 1.39. The summed E-state index contributed by atoms with van der Waals surface area (Å²) in [5, 5.41) is 8.54. The molecular weight excluding hydrogens is 202 g/mol. The maximum Gasteiger partial charge on any atom is 0.312 e. The first-order valence-electron chi connectivity index (χ1n) is 4.55. The highest BCUT2D eigenvalue weighted by Crippen LogP contribution is 2.31. The number of carboxylic acids is 1. The van der Waals surface area contributed by atoms with Crippen molar-refractivity contribution in [1.29, 1.82) is 0 Å². The van der Waals surface area contributed by atoms with Crippen molar-refractivity contribution < 1.29 is 23.8 Å². The number of hydrogen-bond acceptors (Lipinski definition) is 5. The van der Waals surface area contributed by atoms with Crippen LogP contribution in [0.15, 0.2) is 10.6 Å². The molecule has 0 bridgehead atoms. The molecule has 0 aromatic carbocycles. The van der Waals surface area contributed by atoms with Gasteiger partial charge in [0.25, 0.3) is 0 Å². The van der Waals surface area contributed by atoms with Crippen LogP contribution in [-0.4, -0.2) is 29.3 Å². The maximum absolute atomic E-state index is 10.4. The van der Waals surface area contributed by atoms with Crippen molar-refractivity contribution in [2.24, 2.45) is 0 Å². The van der Waals surface area contributed by atoms with E-state index in [2.05, 4.69) is 4.98 Å². The number of carboxylic acid groups (broad SMARTS) is 1. The van der Waals surface area contributed by atoms with E-state index in [1.54, 1.807) is 6.92 Å². The van der Waals surface area contributed by atoms with E-state index in [1.807, 2.05) is 0 Å². The third-order valence-corrected chi connectivity index (χ3v) is 2.14. The van der Waals surface area contributed by atoms with Crippen molar-refractivity contribution in [3.63, 3.8) is 0 Å². The van der Waals surface area contributed by atoms with Crippen molar-refractivity contribution in [2.75, 3.05) is 13.2 Å². The Morgan fingerprint density at radius 3 is 2.87 bits per heavy atom. The van der Waals surface area contributed by atoms with Gasteiger partial charge in [-0.25, -0.2) is 4.98 Å². The smallest absolute Gasteiger partial charge is 0.312 e. The molecule has 0 atom stereocenters. The van der Waals surface area contributed by atoms with E-state index in [4.69, 9.17) is 19.0 Å². The van der Waals surface area contributed by atoms with Crippen molar-refractivity contribution in [2.45, 2.75) is 19.1 Å². The summed E-state index contributed by atoms with van der Waals surface area (Å²) in [4.78, 5) is 14.3. The minimum absolute atomic E-state index is 0.151. The fourth-order valence-electron chi connectivity index (χ4n) is 1.39. The standard InChI is InChI=1S/C9H11NO5/c1-9(13-2-3-14-9)6-5-10-7(15-6)4-8(11)12/h5H,2-4H2,1H3,(H,11,12). The predicted molar refractivity (Wildman–Crippen MR) is 47.1 cm³/mol. The molecule has 1 aromatic rings. The summed E-state index contributed by atoms with van der Waals surface area (Å²) in [7, 11) is 0. The minimum atomic E-state index is -0.984. The van der Waals surface area contributed by atoms with Crippen LogP contribution in [0.2, 0.25) is 0 Å². The molecule has 1 fully saturated rings. The Bertz CT molecular complexity index is 366. The van der Waals surface area contributed by atoms with Gasteiger partial charge in [0.05, 0.1) is 19.4 Å². The Hall–Kier alpha value is -1.40. The second-order valence-electron chi connectivity index (χ2n) is 3.33. The molecule has 6 heteroatoms. The van der Waals surface area contributed by atoms with Crippen LogP contribution in [-0.2, 0) is 26.5 Å². The Labute approximate surface area is 85.8 Å². The van der Waals surface area contributed by atoms with Crippen LogP contribution in [0.4, 0.5) is 0 Å². The molecule has 0 radical (unpaired) electrons. The normalized spacial score (nSPS) is 19.3. The first-order valence-corrected chi connectivity index (χ1v) is 4.55. The summed E-state index contributed by atoms with van der Waals surface area (Å²) in [6, 6.07) is 0.